The van der Waals surface area contributed by atoms with Gasteiger partial charge in [0, 0.05) is 22.6 Å². The van der Waals surface area contributed by atoms with Crippen LogP contribution in [0, 0.1) is 0 Å². The van der Waals surface area contributed by atoms with E-state index in [1.54, 1.807) is 25.1 Å². The van der Waals surface area contributed by atoms with E-state index >= 15 is 0 Å². The van der Waals surface area contributed by atoms with Crippen LogP contribution in [0.25, 0.3) is 0 Å². The Labute approximate surface area is 128 Å². The van der Waals surface area contributed by atoms with Crippen LogP contribution < -0.4 is 16.0 Å². The van der Waals surface area contributed by atoms with Crippen LogP contribution in [0.3, 0.4) is 0 Å². The number of carbonyl (C=O) groups is 2. The third kappa shape index (κ3) is 5.36. The topological polar surface area (TPSA) is 70.2 Å². The Morgan fingerprint density at radius 1 is 1.30 bits per heavy atom. The molecule has 0 aliphatic rings. The standard InChI is InChI=1S/C13H17Cl2N3O2/c1-3-16-13(20)18-12(19)7-17-8(2)10-5-4-9(14)6-11(10)15/h4-6,8,17H,3,7H2,1-2H3,(H2,16,18,19,20)/t8-/m0/s1. The van der Waals surface area contributed by atoms with Crippen molar-refractivity contribution in [2.75, 3.05) is 13.1 Å². The average Bonchev–Trinajstić information content (AvgIpc) is 2.36. The molecular formula is C13H17Cl2N3O2. The van der Waals surface area contributed by atoms with Gasteiger partial charge in [-0.25, -0.2) is 4.79 Å². The predicted molar refractivity (Wildman–Crippen MR) is 80.1 cm³/mol. The van der Waals surface area contributed by atoms with Gasteiger partial charge in [0.05, 0.1) is 6.54 Å². The van der Waals surface area contributed by atoms with E-state index in [-0.39, 0.29) is 12.6 Å². The van der Waals surface area contributed by atoms with Gasteiger partial charge < -0.3 is 10.6 Å². The number of halogens is 2. The van der Waals surface area contributed by atoms with Crippen molar-refractivity contribution in [2.24, 2.45) is 0 Å². The number of hydrogen-bond donors (Lipinski definition) is 3. The second-order valence-corrected chi connectivity index (χ2v) is 5.02. The van der Waals surface area contributed by atoms with Crippen LogP contribution in [0.2, 0.25) is 10.0 Å². The Morgan fingerprint density at radius 2 is 2.00 bits per heavy atom. The van der Waals surface area contributed by atoms with Gasteiger partial charge in [0.25, 0.3) is 0 Å². The average molecular weight is 318 g/mol. The van der Waals surface area contributed by atoms with Gasteiger partial charge in [-0.15, -0.1) is 0 Å². The van der Waals surface area contributed by atoms with Crippen LogP contribution in [0.15, 0.2) is 18.2 Å². The molecule has 0 bridgehead atoms. The first-order chi connectivity index (χ1) is 9.43. The smallest absolute Gasteiger partial charge is 0.321 e. The summed E-state index contributed by atoms with van der Waals surface area (Å²) in [7, 11) is 0. The molecule has 3 amide bonds. The van der Waals surface area contributed by atoms with Gasteiger partial charge in [0.2, 0.25) is 5.91 Å². The first-order valence-electron chi connectivity index (χ1n) is 6.20. The zero-order chi connectivity index (χ0) is 15.1. The maximum atomic E-state index is 11.5. The number of carbonyl (C=O) groups excluding carboxylic acids is 2. The lowest BCUT2D eigenvalue weighted by atomic mass is 10.1. The van der Waals surface area contributed by atoms with Crippen molar-refractivity contribution in [3.05, 3.63) is 33.8 Å². The highest BCUT2D eigenvalue weighted by Crippen LogP contribution is 2.25. The van der Waals surface area contributed by atoms with E-state index in [0.29, 0.717) is 16.6 Å². The minimum Gasteiger partial charge on any atom is -0.338 e. The van der Waals surface area contributed by atoms with E-state index < -0.39 is 11.9 Å². The highest BCUT2D eigenvalue weighted by atomic mass is 35.5. The van der Waals surface area contributed by atoms with E-state index in [0.717, 1.165) is 5.56 Å². The number of urea groups is 1. The van der Waals surface area contributed by atoms with Crippen LogP contribution in [0.4, 0.5) is 4.79 Å². The summed E-state index contributed by atoms with van der Waals surface area (Å²) in [6, 6.07) is 4.53. The molecule has 0 spiro atoms. The number of hydrogen-bond acceptors (Lipinski definition) is 3. The lowest BCUT2D eigenvalue weighted by molar-refractivity contribution is -0.119. The van der Waals surface area contributed by atoms with Gasteiger partial charge in [-0.3, -0.25) is 10.1 Å². The van der Waals surface area contributed by atoms with Gasteiger partial charge in [-0.2, -0.15) is 0 Å². The molecule has 110 valence electrons. The van der Waals surface area contributed by atoms with Gasteiger partial charge in [0.1, 0.15) is 0 Å². The molecular weight excluding hydrogens is 301 g/mol. The molecule has 0 radical (unpaired) electrons. The molecule has 0 unspecified atom stereocenters. The Kier molecular flexibility index (Phi) is 6.78. The predicted octanol–water partition coefficient (Wildman–Crippen LogP) is 2.49. The van der Waals surface area contributed by atoms with Crippen molar-refractivity contribution < 1.29 is 9.59 Å². The SMILES string of the molecule is CCNC(=O)NC(=O)CN[C@@H](C)c1ccc(Cl)cc1Cl. The van der Waals surface area contributed by atoms with Crippen LogP contribution in [-0.4, -0.2) is 25.0 Å². The molecule has 1 aromatic rings. The molecule has 3 N–H and O–H groups in total. The van der Waals surface area contributed by atoms with Crippen LogP contribution in [0.5, 0.6) is 0 Å². The summed E-state index contributed by atoms with van der Waals surface area (Å²) < 4.78 is 0. The normalized spacial score (nSPS) is 11.8. The quantitative estimate of drug-likeness (QED) is 0.781. The largest absolute Gasteiger partial charge is 0.338 e. The van der Waals surface area contributed by atoms with Crippen LogP contribution in [-0.2, 0) is 4.79 Å². The number of nitrogens with one attached hydrogen (secondary N) is 3. The molecule has 1 atom stereocenters. The lowest BCUT2D eigenvalue weighted by Gasteiger charge is -2.15. The third-order valence-corrected chi connectivity index (χ3v) is 3.15. The van der Waals surface area contributed by atoms with Crippen LogP contribution in [0.1, 0.15) is 25.5 Å². The molecule has 0 aromatic heterocycles. The van der Waals surface area contributed by atoms with E-state index in [1.165, 1.54) is 0 Å². The fraction of sp³-hybridized carbons (Fsp3) is 0.385. The van der Waals surface area contributed by atoms with E-state index in [9.17, 15) is 9.59 Å². The number of amides is 3. The maximum absolute atomic E-state index is 11.5. The van der Waals surface area contributed by atoms with E-state index in [1.807, 2.05) is 6.92 Å². The molecule has 7 heteroatoms. The lowest BCUT2D eigenvalue weighted by Crippen LogP contribution is -2.43. The van der Waals surface area contributed by atoms with Gasteiger partial charge in [-0.05, 0) is 31.5 Å². The molecule has 1 rings (SSSR count). The molecule has 20 heavy (non-hydrogen) atoms. The van der Waals surface area contributed by atoms with Crippen molar-refractivity contribution in [3.8, 4) is 0 Å². The minimum absolute atomic E-state index is 0.0112. The second kappa shape index (κ2) is 8.09. The summed E-state index contributed by atoms with van der Waals surface area (Å²) in [6.45, 7) is 4.11. The summed E-state index contributed by atoms with van der Waals surface area (Å²) in [5.74, 6) is -0.409. The first kappa shape index (κ1) is 16.8. The zero-order valence-corrected chi connectivity index (χ0v) is 12.8. The molecule has 0 heterocycles. The molecule has 0 saturated carbocycles. The molecule has 0 aliphatic heterocycles. The summed E-state index contributed by atoms with van der Waals surface area (Å²) in [6.07, 6.45) is 0. The zero-order valence-electron chi connectivity index (χ0n) is 11.3. The van der Waals surface area contributed by atoms with E-state index in [2.05, 4.69) is 16.0 Å². The Bertz CT molecular complexity index is 495. The summed E-state index contributed by atoms with van der Waals surface area (Å²) in [5, 5.41) is 8.75. The monoisotopic (exact) mass is 317 g/mol. The van der Waals surface area contributed by atoms with Crippen molar-refractivity contribution in [3.63, 3.8) is 0 Å². The summed E-state index contributed by atoms with van der Waals surface area (Å²) in [5.41, 5.74) is 0.835. The third-order valence-electron chi connectivity index (χ3n) is 2.59. The van der Waals surface area contributed by atoms with Crippen molar-refractivity contribution >= 4 is 35.1 Å². The van der Waals surface area contributed by atoms with Crippen molar-refractivity contribution in [1.29, 1.82) is 0 Å². The van der Waals surface area contributed by atoms with Gasteiger partial charge in [0.15, 0.2) is 0 Å². The van der Waals surface area contributed by atoms with Crippen molar-refractivity contribution in [2.45, 2.75) is 19.9 Å². The summed E-state index contributed by atoms with van der Waals surface area (Å²) >= 11 is 11.9. The number of rotatable bonds is 5. The minimum atomic E-state index is -0.503. The fourth-order valence-corrected chi connectivity index (χ4v) is 2.16. The number of imide groups is 1. The Balaban J connectivity index is 2.48. The Hall–Kier alpha value is -1.30. The first-order valence-corrected chi connectivity index (χ1v) is 6.95. The highest BCUT2D eigenvalue weighted by Gasteiger charge is 2.12. The van der Waals surface area contributed by atoms with Crippen LogP contribution >= 0.6 is 23.2 Å². The highest BCUT2D eigenvalue weighted by molar-refractivity contribution is 6.35. The molecule has 1 aromatic carbocycles. The molecule has 0 aliphatic carbocycles. The van der Waals surface area contributed by atoms with E-state index in [4.69, 9.17) is 23.2 Å². The van der Waals surface area contributed by atoms with Gasteiger partial charge in [-0.1, -0.05) is 29.3 Å². The number of benzene rings is 1. The van der Waals surface area contributed by atoms with Crippen molar-refractivity contribution in [1.82, 2.24) is 16.0 Å². The Morgan fingerprint density at radius 3 is 2.60 bits per heavy atom. The molecule has 0 fully saturated rings. The maximum Gasteiger partial charge on any atom is 0.321 e. The molecule has 5 nitrogen and oxygen atoms in total. The van der Waals surface area contributed by atoms with Gasteiger partial charge >= 0.3 is 6.03 Å². The fourth-order valence-electron chi connectivity index (χ4n) is 1.58. The summed E-state index contributed by atoms with van der Waals surface area (Å²) in [4.78, 5) is 22.7. The molecule has 0 saturated heterocycles. The second-order valence-electron chi connectivity index (χ2n) is 4.18.